The fourth-order valence-corrected chi connectivity index (χ4v) is 5.32. The molecule has 0 amide bonds. The molecule has 2 N–H and O–H groups in total. The van der Waals surface area contributed by atoms with Crippen molar-refractivity contribution < 1.29 is 0 Å². The van der Waals surface area contributed by atoms with Gasteiger partial charge in [-0.1, -0.05) is 18.2 Å². The van der Waals surface area contributed by atoms with E-state index in [9.17, 15) is 0 Å². The standard InChI is InChI=1S/C20H18IN7S/c1-11-5-3-4-6-14(11)27-7-13-12(2)9-29-20(13)25-15(27)8-28-19-16(17(21)26-28)18(22)23-10-24-19/h3-7,9-10,15H,8H2,1-2H3,(H2,22,23,24). The highest BCUT2D eigenvalue weighted by atomic mass is 127. The summed E-state index contributed by atoms with van der Waals surface area (Å²) in [6.07, 6.45) is 3.55. The third-order valence-electron chi connectivity index (χ3n) is 5.10. The maximum atomic E-state index is 6.06. The fourth-order valence-electron chi connectivity index (χ4n) is 3.60. The number of nitrogens with two attached hydrogens (primary N) is 1. The second-order valence-electron chi connectivity index (χ2n) is 7.00. The van der Waals surface area contributed by atoms with Gasteiger partial charge in [-0.05, 0) is 59.0 Å². The second kappa shape index (κ2) is 7.06. The smallest absolute Gasteiger partial charge is 0.164 e. The molecule has 1 aromatic carbocycles. The Morgan fingerprint density at radius 3 is 2.83 bits per heavy atom. The zero-order chi connectivity index (χ0) is 20.1. The fraction of sp³-hybridized carbons (Fsp3) is 0.200. The lowest BCUT2D eigenvalue weighted by atomic mass is 10.1. The third kappa shape index (κ3) is 3.08. The highest BCUT2D eigenvalue weighted by molar-refractivity contribution is 14.1. The quantitative estimate of drug-likeness (QED) is 0.424. The summed E-state index contributed by atoms with van der Waals surface area (Å²) >= 11 is 3.86. The van der Waals surface area contributed by atoms with Gasteiger partial charge in [-0.2, -0.15) is 5.10 Å². The highest BCUT2D eigenvalue weighted by Crippen LogP contribution is 2.27. The number of nitrogen functional groups attached to an aromatic ring is 1. The number of hydrogen-bond donors (Lipinski definition) is 1. The van der Waals surface area contributed by atoms with Crippen molar-refractivity contribution in [2.45, 2.75) is 26.6 Å². The van der Waals surface area contributed by atoms with Crippen LogP contribution in [-0.4, -0.2) is 25.9 Å². The first-order chi connectivity index (χ1) is 14.0. The Morgan fingerprint density at radius 1 is 1.17 bits per heavy atom. The molecule has 1 unspecified atom stereocenters. The van der Waals surface area contributed by atoms with Crippen LogP contribution in [0.5, 0.6) is 0 Å². The normalized spacial score (nSPS) is 15.8. The molecule has 146 valence electrons. The zero-order valence-corrected chi connectivity index (χ0v) is 18.8. The van der Waals surface area contributed by atoms with Gasteiger partial charge in [0.05, 0.1) is 11.9 Å². The van der Waals surface area contributed by atoms with Crippen molar-refractivity contribution in [1.29, 1.82) is 0 Å². The zero-order valence-electron chi connectivity index (χ0n) is 15.9. The minimum Gasteiger partial charge on any atom is -0.383 e. The van der Waals surface area contributed by atoms with Crippen LogP contribution in [0.2, 0.25) is 0 Å². The maximum Gasteiger partial charge on any atom is 0.164 e. The summed E-state index contributed by atoms with van der Waals surface area (Å²) in [7, 11) is 0. The largest absolute Gasteiger partial charge is 0.383 e. The van der Waals surface area contributed by atoms with E-state index in [0.29, 0.717) is 12.4 Å². The summed E-state index contributed by atoms with van der Waals surface area (Å²) in [4.78, 5) is 15.8. The molecule has 0 bridgehead atoms. The van der Waals surface area contributed by atoms with Gasteiger partial charge in [0.15, 0.2) is 5.65 Å². The molecule has 29 heavy (non-hydrogen) atoms. The molecule has 1 aliphatic heterocycles. The summed E-state index contributed by atoms with van der Waals surface area (Å²) in [6.45, 7) is 4.80. The first-order valence-corrected chi connectivity index (χ1v) is 11.1. The number of thiophene rings is 1. The summed E-state index contributed by atoms with van der Waals surface area (Å²) in [6, 6.07) is 8.37. The van der Waals surface area contributed by atoms with Crippen molar-refractivity contribution in [2.24, 2.45) is 4.99 Å². The molecule has 9 heteroatoms. The van der Waals surface area contributed by atoms with E-state index in [-0.39, 0.29) is 6.17 Å². The summed E-state index contributed by atoms with van der Waals surface area (Å²) in [5, 5.41) is 8.81. The van der Waals surface area contributed by atoms with Gasteiger partial charge in [-0.15, -0.1) is 11.3 Å². The van der Waals surface area contributed by atoms with Gasteiger partial charge in [0.2, 0.25) is 0 Å². The van der Waals surface area contributed by atoms with Crippen molar-refractivity contribution in [1.82, 2.24) is 19.7 Å². The summed E-state index contributed by atoms with van der Waals surface area (Å²) in [5.41, 5.74) is 10.4. The molecule has 7 nitrogen and oxygen atoms in total. The molecular weight excluding hydrogens is 497 g/mol. The van der Waals surface area contributed by atoms with E-state index in [1.807, 2.05) is 4.68 Å². The molecule has 0 aliphatic carbocycles. The number of para-hydroxylation sites is 1. The number of hydrogen-bond acceptors (Lipinski definition) is 7. The van der Waals surface area contributed by atoms with Crippen molar-refractivity contribution in [3.63, 3.8) is 0 Å². The van der Waals surface area contributed by atoms with Crippen molar-refractivity contribution in [3.8, 4) is 0 Å². The Bertz CT molecular complexity index is 1360. The predicted octanol–water partition coefficient (Wildman–Crippen LogP) is 2.60. The Kier molecular flexibility index (Phi) is 4.50. The molecule has 0 radical (unpaired) electrons. The minimum absolute atomic E-state index is 0.142. The number of anilines is 2. The molecular formula is C20H18IN7S. The van der Waals surface area contributed by atoms with E-state index in [2.05, 4.69) is 92.3 Å². The molecule has 0 saturated heterocycles. The van der Waals surface area contributed by atoms with Gasteiger partial charge in [0.1, 0.15) is 26.7 Å². The molecule has 4 aromatic rings. The van der Waals surface area contributed by atoms with Crippen LogP contribution >= 0.6 is 33.9 Å². The molecule has 4 heterocycles. The first kappa shape index (κ1) is 18.5. The molecule has 5 rings (SSSR count). The maximum absolute atomic E-state index is 6.06. The van der Waals surface area contributed by atoms with Gasteiger partial charge in [0, 0.05) is 17.1 Å². The number of fused-ring (bicyclic) bond motifs is 2. The minimum atomic E-state index is -0.142. The monoisotopic (exact) mass is 515 g/mol. The second-order valence-corrected chi connectivity index (χ2v) is 8.88. The highest BCUT2D eigenvalue weighted by Gasteiger charge is 2.24. The lowest BCUT2D eigenvalue weighted by Crippen LogP contribution is -2.43. The van der Waals surface area contributed by atoms with Crippen LogP contribution in [0.1, 0.15) is 11.1 Å². The van der Waals surface area contributed by atoms with E-state index in [0.717, 1.165) is 25.1 Å². The Hall–Kier alpha value is -2.53. The SMILES string of the molecule is Cc1ccccc1N1C=c2c(C)csc2=NC1Cn1nc(I)c2c(N)ncnc21. The van der Waals surface area contributed by atoms with Gasteiger partial charge < -0.3 is 10.6 Å². The Morgan fingerprint density at radius 2 is 2.00 bits per heavy atom. The summed E-state index contributed by atoms with van der Waals surface area (Å²) in [5.74, 6) is 0.449. The molecule has 1 atom stereocenters. The van der Waals surface area contributed by atoms with Crippen molar-refractivity contribution >= 4 is 62.7 Å². The summed E-state index contributed by atoms with van der Waals surface area (Å²) < 4.78 is 3.73. The topological polar surface area (TPSA) is 85.2 Å². The number of aryl methyl sites for hydroxylation is 2. The number of benzene rings is 1. The first-order valence-electron chi connectivity index (χ1n) is 9.13. The average Bonchev–Trinajstić information content (AvgIpc) is 3.22. The molecule has 0 fully saturated rings. The molecule has 0 spiro atoms. The lowest BCUT2D eigenvalue weighted by Gasteiger charge is -2.30. The number of rotatable bonds is 3. The lowest BCUT2D eigenvalue weighted by molar-refractivity contribution is 0.518. The van der Waals surface area contributed by atoms with Crippen LogP contribution in [0.3, 0.4) is 0 Å². The third-order valence-corrected chi connectivity index (χ3v) is 6.88. The van der Waals surface area contributed by atoms with Crippen LogP contribution in [0.4, 0.5) is 11.5 Å². The molecule has 0 saturated carbocycles. The molecule has 1 aliphatic rings. The van der Waals surface area contributed by atoms with Gasteiger partial charge in [-0.3, -0.25) is 0 Å². The predicted molar refractivity (Wildman–Crippen MR) is 124 cm³/mol. The number of nitrogens with zero attached hydrogens (tertiary/aromatic N) is 6. The van der Waals surface area contributed by atoms with Crippen LogP contribution in [0, 0.1) is 17.5 Å². The van der Waals surface area contributed by atoms with Crippen LogP contribution in [-0.2, 0) is 6.54 Å². The van der Waals surface area contributed by atoms with E-state index >= 15 is 0 Å². The van der Waals surface area contributed by atoms with Crippen LogP contribution in [0.15, 0.2) is 41.0 Å². The van der Waals surface area contributed by atoms with Crippen LogP contribution < -0.4 is 20.5 Å². The van der Waals surface area contributed by atoms with E-state index in [1.165, 1.54) is 22.7 Å². The van der Waals surface area contributed by atoms with Crippen molar-refractivity contribution in [2.75, 3.05) is 10.6 Å². The number of halogens is 1. The van der Waals surface area contributed by atoms with E-state index < -0.39 is 0 Å². The number of aromatic nitrogens is 4. The van der Waals surface area contributed by atoms with Gasteiger partial charge in [-0.25, -0.2) is 19.6 Å². The van der Waals surface area contributed by atoms with Crippen molar-refractivity contribution in [3.05, 3.63) is 60.7 Å². The Labute approximate surface area is 184 Å². The van der Waals surface area contributed by atoms with Gasteiger partial charge in [0.25, 0.3) is 0 Å². The molecule has 3 aromatic heterocycles. The van der Waals surface area contributed by atoms with Gasteiger partial charge >= 0.3 is 0 Å². The van der Waals surface area contributed by atoms with Crippen LogP contribution in [0.25, 0.3) is 17.2 Å². The van der Waals surface area contributed by atoms with E-state index in [4.69, 9.17) is 10.7 Å². The Balaban J connectivity index is 1.65. The average molecular weight is 515 g/mol. The van der Waals surface area contributed by atoms with E-state index in [1.54, 1.807) is 11.3 Å².